The zero-order valence-electron chi connectivity index (χ0n) is 11.7. The van der Waals surface area contributed by atoms with Crippen molar-refractivity contribution in [2.45, 2.75) is 19.6 Å². The van der Waals surface area contributed by atoms with E-state index in [0.717, 1.165) is 22.4 Å². The minimum Gasteiger partial charge on any atom is -0.489 e. The van der Waals surface area contributed by atoms with E-state index < -0.39 is 0 Å². The van der Waals surface area contributed by atoms with Crippen molar-refractivity contribution in [2.24, 2.45) is 0 Å². The maximum Gasteiger partial charge on any atom is 0.119 e. The summed E-state index contributed by atoms with van der Waals surface area (Å²) in [6.45, 7) is 0.586. The molecule has 0 aromatic heterocycles. The molecular formula is C18H18O3. The smallest absolute Gasteiger partial charge is 0.119 e. The van der Waals surface area contributed by atoms with Gasteiger partial charge in [0.1, 0.15) is 12.4 Å². The summed E-state index contributed by atoms with van der Waals surface area (Å²) < 4.78 is 5.70. The second-order valence-electron chi connectivity index (χ2n) is 4.57. The molecule has 0 atom stereocenters. The summed E-state index contributed by atoms with van der Waals surface area (Å²) in [5.41, 5.74) is 2.82. The van der Waals surface area contributed by atoms with Crippen LogP contribution in [-0.2, 0) is 13.2 Å². The van der Waals surface area contributed by atoms with Crippen molar-refractivity contribution in [1.82, 2.24) is 0 Å². The van der Waals surface area contributed by atoms with Crippen LogP contribution in [0.25, 0.3) is 0 Å². The van der Waals surface area contributed by atoms with Crippen LogP contribution in [0.15, 0.2) is 48.5 Å². The van der Waals surface area contributed by atoms with E-state index in [9.17, 15) is 0 Å². The summed E-state index contributed by atoms with van der Waals surface area (Å²) in [6, 6.07) is 15.2. The third-order valence-corrected chi connectivity index (χ3v) is 2.91. The first-order valence-electron chi connectivity index (χ1n) is 6.83. The first-order chi connectivity index (χ1) is 10.3. The van der Waals surface area contributed by atoms with Crippen molar-refractivity contribution in [2.75, 3.05) is 6.61 Å². The van der Waals surface area contributed by atoms with Crippen LogP contribution >= 0.6 is 0 Å². The summed E-state index contributed by atoms with van der Waals surface area (Å²) in [7, 11) is 0. The van der Waals surface area contributed by atoms with Gasteiger partial charge in [-0.3, -0.25) is 0 Å². The fourth-order valence-corrected chi connectivity index (χ4v) is 1.82. The van der Waals surface area contributed by atoms with Gasteiger partial charge in [-0.2, -0.15) is 0 Å². The standard InChI is InChI=1S/C18H18O3/c19-11-2-1-4-15-5-3-6-17(12-15)14-21-18-9-7-16(13-20)8-10-18/h3,5-10,12,19-20H,2,11,13-14H2. The highest BCUT2D eigenvalue weighted by Crippen LogP contribution is 2.14. The molecule has 108 valence electrons. The van der Waals surface area contributed by atoms with Gasteiger partial charge in [-0.05, 0) is 35.4 Å². The van der Waals surface area contributed by atoms with Gasteiger partial charge in [0.05, 0.1) is 13.2 Å². The van der Waals surface area contributed by atoms with Crippen LogP contribution < -0.4 is 4.74 Å². The highest BCUT2D eigenvalue weighted by Gasteiger charge is 1.98. The van der Waals surface area contributed by atoms with E-state index in [0.29, 0.717) is 13.0 Å². The lowest BCUT2D eigenvalue weighted by Gasteiger charge is -2.07. The SMILES string of the molecule is OCCC#Cc1cccc(COc2ccc(CO)cc2)c1. The first kappa shape index (κ1) is 15.1. The number of hydrogen-bond donors (Lipinski definition) is 2. The van der Waals surface area contributed by atoms with Crippen LogP contribution in [0.4, 0.5) is 0 Å². The summed E-state index contributed by atoms with van der Waals surface area (Å²) in [5.74, 6) is 6.67. The van der Waals surface area contributed by atoms with Crippen LogP contribution in [0.3, 0.4) is 0 Å². The van der Waals surface area contributed by atoms with Crippen LogP contribution in [0, 0.1) is 11.8 Å². The molecule has 0 spiro atoms. The molecule has 2 aromatic rings. The molecule has 0 fully saturated rings. The Morgan fingerprint density at radius 2 is 1.76 bits per heavy atom. The molecule has 3 nitrogen and oxygen atoms in total. The van der Waals surface area contributed by atoms with Gasteiger partial charge in [-0.15, -0.1) is 0 Å². The second-order valence-corrected chi connectivity index (χ2v) is 4.57. The molecular weight excluding hydrogens is 264 g/mol. The molecule has 21 heavy (non-hydrogen) atoms. The van der Waals surface area contributed by atoms with Gasteiger partial charge in [0.15, 0.2) is 0 Å². The number of benzene rings is 2. The fourth-order valence-electron chi connectivity index (χ4n) is 1.82. The van der Waals surface area contributed by atoms with E-state index in [2.05, 4.69) is 11.8 Å². The van der Waals surface area contributed by atoms with Crippen LogP contribution in [0.1, 0.15) is 23.1 Å². The van der Waals surface area contributed by atoms with Gasteiger partial charge < -0.3 is 14.9 Å². The Morgan fingerprint density at radius 3 is 2.48 bits per heavy atom. The normalized spacial score (nSPS) is 9.81. The van der Waals surface area contributed by atoms with Crippen LogP contribution in [0.2, 0.25) is 0 Å². The number of hydrogen-bond acceptors (Lipinski definition) is 3. The topological polar surface area (TPSA) is 49.7 Å². The van der Waals surface area contributed by atoms with E-state index in [1.165, 1.54) is 0 Å². The Balaban J connectivity index is 1.96. The number of ether oxygens (including phenoxy) is 1. The predicted octanol–water partition coefficient (Wildman–Crippen LogP) is 2.49. The zero-order valence-corrected chi connectivity index (χ0v) is 11.7. The highest BCUT2D eigenvalue weighted by atomic mass is 16.5. The lowest BCUT2D eigenvalue weighted by molar-refractivity contribution is 0.280. The predicted molar refractivity (Wildman–Crippen MR) is 81.7 cm³/mol. The third-order valence-electron chi connectivity index (χ3n) is 2.91. The minimum absolute atomic E-state index is 0.0365. The van der Waals surface area contributed by atoms with Gasteiger partial charge in [0, 0.05) is 12.0 Å². The maximum absolute atomic E-state index is 8.99. The largest absolute Gasteiger partial charge is 0.489 e. The molecule has 0 aliphatic carbocycles. The number of aliphatic hydroxyl groups is 2. The molecule has 0 saturated carbocycles. The molecule has 3 heteroatoms. The maximum atomic E-state index is 8.99. The molecule has 2 rings (SSSR count). The van der Waals surface area contributed by atoms with Crippen molar-refractivity contribution >= 4 is 0 Å². The zero-order chi connectivity index (χ0) is 14.9. The molecule has 0 amide bonds. The van der Waals surface area contributed by atoms with Crippen LogP contribution in [0.5, 0.6) is 5.75 Å². The first-order valence-corrected chi connectivity index (χ1v) is 6.83. The van der Waals surface area contributed by atoms with Crippen molar-refractivity contribution in [3.8, 4) is 17.6 Å². The number of aliphatic hydroxyl groups excluding tert-OH is 2. The molecule has 2 aromatic carbocycles. The Hall–Kier alpha value is -2.28. The molecule has 0 saturated heterocycles. The molecule has 0 bridgehead atoms. The molecule has 0 aliphatic rings. The molecule has 0 unspecified atom stereocenters. The third kappa shape index (κ3) is 4.96. The van der Waals surface area contributed by atoms with Gasteiger partial charge in [-0.25, -0.2) is 0 Å². The monoisotopic (exact) mass is 282 g/mol. The summed E-state index contributed by atoms with van der Waals surface area (Å²) >= 11 is 0. The van der Waals surface area contributed by atoms with Crippen molar-refractivity contribution in [3.05, 3.63) is 65.2 Å². The van der Waals surface area contributed by atoms with Crippen molar-refractivity contribution in [1.29, 1.82) is 0 Å². The Morgan fingerprint density at radius 1 is 0.952 bits per heavy atom. The van der Waals surface area contributed by atoms with Gasteiger partial charge >= 0.3 is 0 Å². The van der Waals surface area contributed by atoms with E-state index in [1.54, 1.807) is 0 Å². The highest BCUT2D eigenvalue weighted by molar-refractivity contribution is 5.37. The van der Waals surface area contributed by atoms with Crippen molar-refractivity contribution in [3.63, 3.8) is 0 Å². The molecule has 0 heterocycles. The fraction of sp³-hybridized carbons (Fsp3) is 0.222. The van der Waals surface area contributed by atoms with E-state index in [1.807, 2.05) is 48.5 Å². The van der Waals surface area contributed by atoms with Crippen molar-refractivity contribution < 1.29 is 14.9 Å². The average molecular weight is 282 g/mol. The molecule has 0 radical (unpaired) electrons. The van der Waals surface area contributed by atoms with E-state index in [-0.39, 0.29) is 13.2 Å². The average Bonchev–Trinajstić information content (AvgIpc) is 2.54. The van der Waals surface area contributed by atoms with Gasteiger partial charge in [-0.1, -0.05) is 36.1 Å². The van der Waals surface area contributed by atoms with E-state index in [4.69, 9.17) is 14.9 Å². The lowest BCUT2D eigenvalue weighted by Crippen LogP contribution is -1.96. The quantitative estimate of drug-likeness (QED) is 0.828. The molecule has 2 N–H and O–H groups in total. The van der Waals surface area contributed by atoms with Gasteiger partial charge in [0.25, 0.3) is 0 Å². The summed E-state index contributed by atoms with van der Waals surface area (Å²) in [4.78, 5) is 0. The lowest BCUT2D eigenvalue weighted by atomic mass is 10.1. The second kappa shape index (κ2) is 8.11. The Bertz CT molecular complexity index is 621. The van der Waals surface area contributed by atoms with E-state index >= 15 is 0 Å². The summed E-state index contributed by atoms with van der Waals surface area (Å²) in [6.07, 6.45) is 0.484. The Labute approximate surface area is 124 Å². The van der Waals surface area contributed by atoms with Crippen LogP contribution in [-0.4, -0.2) is 16.8 Å². The summed E-state index contributed by atoms with van der Waals surface area (Å²) in [5, 5.41) is 17.7. The minimum atomic E-state index is 0.0365. The van der Waals surface area contributed by atoms with Gasteiger partial charge in [0.2, 0.25) is 0 Å². The molecule has 0 aliphatic heterocycles. The number of rotatable bonds is 5. The Kier molecular flexibility index (Phi) is 5.83.